The molecule has 2 heterocycles. The third kappa shape index (κ3) is 3.73. The van der Waals surface area contributed by atoms with Gasteiger partial charge in [-0.25, -0.2) is 12.8 Å². The zero-order chi connectivity index (χ0) is 21.3. The van der Waals surface area contributed by atoms with Crippen LogP contribution in [0.25, 0.3) is 22.2 Å². The van der Waals surface area contributed by atoms with Crippen molar-refractivity contribution in [1.82, 2.24) is 10.1 Å². The first-order valence-electron chi connectivity index (χ1n) is 9.18. The second-order valence-corrected chi connectivity index (χ2v) is 9.56. The molecule has 0 saturated heterocycles. The third-order valence-electron chi connectivity index (χ3n) is 4.49. The van der Waals surface area contributed by atoms with Crippen LogP contribution in [0.2, 0.25) is 0 Å². The molecule has 0 radical (unpaired) electrons. The average molecular weight is 444 g/mol. The SMILES string of the molecule is CCN(c1ccccc1)S(=O)(=O)c1cc(-c2nc(-c3cccc(F)c3)no2)sc1C. The Morgan fingerprint density at radius 1 is 1.10 bits per heavy atom. The smallest absolute Gasteiger partial charge is 0.268 e. The average Bonchev–Trinajstić information content (AvgIpc) is 3.36. The van der Waals surface area contributed by atoms with Gasteiger partial charge in [0.25, 0.3) is 15.9 Å². The van der Waals surface area contributed by atoms with Crippen molar-refractivity contribution in [3.63, 3.8) is 0 Å². The number of hydrogen-bond donors (Lipinski definition) is 0. The minimum atomic E-state index is -3.77. The summed E-state index contributed by atoms with van der Waals surface area (Å²) < 4.78 is 46.8. The predicted molar refractivity (Wildman–Crippen MR) is 114 cm³/mol. The van der Waals surface area contributed by atoms with E-state index >= 15 is 0 Å². The van der Waals surface area contributed by atoms with Gasteiger partial charge in [0.2, 0.25) is 5.82 Å². The fraction of sp³-hybridized carbons (Fsp3) is 0.143. The Labute approximate surface area is 177 Å². The second-order valence-electron chi connectivity index (χ2n) is 6.47. The van der Waals surface area contributed by atoms with Crippen molar-refractivity contribution in [1.29, 1.82) is 0 Å². The standard InChI is InChI=1S/C21H18FN3O3S2/c1-3-25(17-10-5-4-6-11-17)30(26,27)19-13-18(29-14(19)2)21-23-20(24-28-21)15-8-7-9-16(22)12-15/h4-13H,3H2,1-2H3. The number of aryl methyl sites for hydroxylation is 1. The molecule has 0 aliphatic heterocycles. The first-order valence-corrected chi connectivity index (χ1v) is 11.4. The molecule has 154 valence electrons. The summed E-state index contributed by atoms with van der Waals surface area (Å²) in [6, 6.07) is 16.4. The molecule has 4 aromatic rings. The van der Waals surface area contributed by atoms with Crippen molar-refractivity contribution in [3.05, 3.63) is 71.4 Å². The van der Waals surface area contributed by atoms with E-state index < -0.39 is 15.8 Å². The first kappa shape index (κ1) is 20.2. The third-order valence-corrected chi connectivity index (χ3v) is 7.69. The topological polar surface area (TPSA) is 76.3 Å². The van der Waals surface area contributed by atoms with Crippen LogP contribution in [0.3, 0.4) is 0 Å². The molecule has 2 aromatic heterocycles. The van der Waals surface area contributed by atoms with Crippen LogP contribution in [0.4, 0.5) is 10.1 Å². The number of halogens is 1. The van der Waals surface area contributed by atoms with Gasteiger partial charge in [0.1, 0.15) is 10.7 Å². The molecule has 0 spiro atoms. The second kappa shape index (κ2) is 8.00. The van der Waals surface area contributed by atoms with E-state index in [4.69, 9.17) is 4.52 Å². The molecule has 0 atom stereocenters. The molecule has 0 fully saturated rings. The number of hydrogen-bond acceptors (Lipinski definition) is 6. The number of aromatic nitrogens is 2. The summed E-state index contributed by atoms with van der Waals surface area (Å²) in [6.07, 6.45) is 0. The molecule has 0 amide bonds. The maximum absolute atomic E-state index is 13.5. The van der Waals surface area contributed by atoms with E-state index in [9.17, 15) is 12.8 Å². The number of benzene rings is 2. The van der Waals surface area contributed by atoms with Gasteiger partial charge in [-0.1, -0.05) is 35.5 Å². The van der Waals surface area contributed by atoms with Gasteiger partial charge >= 0.3 is 0 Å². The summed E-state index contributed by atoms with van der Waals surface area (Å²) in [5, 5.41) is 3.90. The maximum atomic E-state index is 13.5. The Morgan fingerprint density at radius 2 is 1.87 bits per heavy atom. The summed E-state index contributed by atoms with van der Waals surface area (Å²) in [6.45, 7) is 3.82. The largest absolute Gasteiger partial charge is 0.333 e. The van der Waals surface area contributed by atoms with Crippen LogP contribution >= 0.6 is 11.3 Å². The summed E-state index contributed by atoms with van der Waals surface area (Å²) >= 11 is 1.25. The van der Waals surface area contributed by atoms with Crippen LogP contribution in [0.5, 0.6) is 0 Å². The zero-order valence-electron chi connectivity index (χ0n) is 16.2. The highest BCUT2D eigenvalue weighted by atomic mass is 32.2. The van der Waals surface area contributed by atoms with Gasteiger partial charge in [-0.05, 0) is 44.2 Å². The van der Waals surface area contributed by atoms with Gasteiger partial charge in [-0.2, -0.15) is 4.98 Å². The normalized spacial score (nSPS) is 11.6. The molecule has 0 bridgehead atoms. The number of rotatable bonds is 6. The molecular formula is C21H18FN3O3S2. The number of para-hydroxylation sites is 1. The van der Waals surface area contributed by atoms with Crippen molar-refractivity contribution in [2.24, 2.45) is 0 Å². The Hall–Kier alpha value is -3.04. The number of nitrogens with zero attached hydrogens (tertiary/aromatic N) is 3. The fourth-order valence-electron chi connectivity index (χ4n) is 3.10. The van der Waals surface area contributed by atoms with Gasteiger partial charge in [-0.15, -0.1) is 11.3 Å². The lowest BCUT2D eigenvalue weighted by atomic mass is 10.2. The highest BCUT2D eigenvalue weighted by Crippen LogP contribution is 2.36. The van der Waals surface area contributed by atoms with E-state index in [-0.39, 0.29) is 16.6 Å². The number of anilines is 1. The highest BCUT2D eigenvalue weighted by molar-refractivity contribution is 7.93. The van der Waals surface area contributed by atoms with Crippen molar-refractivity contribution in [3.8, 4) is 22.2 Å². The lowest BCUT2D eigenvalue weighted by Gasteiger charge is -2.22. The molecule has 9 heteroatoms. The van der Waals surface area contributed by atoms with Crippen LogP contribution in [0.1, 0.15) is 11.8 Å². The lowest BCUT2D eigenvalue weighted by molar-refractivity contribution is 0.433. The zero-order valence-corrected chi connectivity index (χ0v) is 17.9. The van der Waals surface area contributed by atoms with Gasteiger partial charge in [0.05, 0.1) is 10.6 Å². The van der Waals surface area contributed by atoms with Crippen LogP contribution < -0.4 is 4.31 Å². The first-order chi connectivity index (χ1) is 14.4. The molecular weight excluding hydrogens is 425 g/mol. The number of thiophene rings is 1. The van der Waals surface area contributed by atoms with E-state index in [1.165, 1.54) is 27.8 Å². The minimum Gasteiger partial charge on any atom is -0.333 e. The van der Waals surface area contributed by atoms with E-state index in [2.05, 4.69) is 10.1 Å². The van der Waals surface area contributed by atoms with E-state index in [1.54, 1.807) is 56.3 Å². The molecule has 0 N–H and O–H groups in total. The molecule has 0 unspecified atom stereocenters. The predicted octanol–water partition coefficient (Wildman–Crippen LogP) is 5.13. The van der Waals surface area contributed by atoms with Crippen molar-refractivity contribution in [2.45, 2.75) is 18.7 Å². The molecule has 0 aliphatic carbocycles. The summed E-state index contributed by atoms with van der Waals surface area (Å²) in [5.41, 5.74) is 1.07. The van der Waals surface area contributed by atoms with Gasteiger partial charge in [0, 0.05) is 17.0 Å². The number of sulfonamides is 1. The molecule has 0 aliphatic rings. The molecule has 0 saturated carbocycles. The Morgan fingerprint density at radius 3 is 2.57 bits per heavy atom. The summed E-state index contributed by atoms with van der Waals surface area (Å²) in [5.74, 6) is 0.0192. The molecule has 2 aromatic carbocycles. The van der Waals surface area contributed by atoms with Gasteiger partial charge < -0.3 is 4.52 Å². The molecule has 4 rings (SSSR count). The van der Waals surface area contributed by atoms with Crippen molar-refractivity contribution >= 4 is 27.0 Å². The summed E-state index contributed by atoms with van der Waals surface area (Å²) in [7, 11) is -3.77. The van der Waals surface area contributed by atoms with Crippen LogP contribution in [0, 0.1) is 12.7 Å². The minimum absolute atomic E-state index is 0.187. The van der Waals surface area contributed by atoms with E-state index in [0.717, 1.165) is 0 Å². The van der Waals surface area contributed by atoms with E-state index in [0.29, 0.717) is 27.5 Å². The monoisotopic (exact) mass is 443 g/mol. The van der Waals surface area contributed by atoms with Gasteiger partial charge in [0.15, 0.2) is 0 Å². The Balaban J connectivity index is 1.70. The molecule has 6 nitrogen and oxygen atoms in total. The van der Waals surface area contributed by atoms with Crippen LogP contribution in [-0.4, -0.2) is 25.1 Å². The maximum Gasteiger partial charge on any atom is 0.268 e. The molecule has 30 heavy (non-hydrogen) atoms. The Kier molecular flexibility index (Phi) is 5.40. The van der Waals surface area contributed by atoms with Crippen LogP contribution in [0.15, 0.2) is 70.1 Å². The summed E-state index contributed by atoms with van der Waals surface area (Å²) in [4.78, 5) is 5.65. The van der Waals surface area contributed by atoms with E-state index in [1.807, 2.05) is 6.07 Å². The van der Waals surface area contributed by atoms with Crippen molar-refractivity contribution < 1.29 is 17.3 Å². The Bertz CT molecular complexity index is 1280. The highest BCUT2D eigenvalue weighted by Gasteiger charge is 2.28. The van der Waals surface area contributed by atoms with Gasteiger partial charge in [-0.3, -0.25) is 4.31 Å². The van der Waals surface area contributed by atoms with Crippen molar-refractivity contribution in [2.75, 3.05) is 10.8 Å². The lowest BCUT2D eigenvalue weighted by Crippen LogP contribution is -2.30. The quantitative estimate of drug-likeness (QED) is 0.413. The van der Waals surface area contributed by atoms with Crippen LogP contribution in [-0.2, 0) is 10.0 Å². The fourth-order valence-corrected chi connectivity index (χ4v) is 6.06.